The molecular formula is C12H12N. The maximum Gasteiger partial charge on any atom is 0.0446 e. The molecule has 1 heteroatoms. The fourth-order valence-electron chi connectivity index (χ4n) is 1.51. The van der Waals surface area contributed by atoms with E-state index in [-0.39, 0.29) is 0 Å². The Balaban J connectivity index is 2.76. The molecule has 0 N–H and O–H groups in total. The molecule has 0 spiro atoms. The van der Waals surface area contributed by atoms with Crippen molar-refractivity contribution in [2.24, 2.45) is 0 Å². The van der Waals surface area contributed by atoms with Crippen LogP contribution in [0.4, 0.5) is 5.69 Å². The van der Waals surface area contributed by atoms with E-state index in [4.69, 9.17) is 0 Å². The molecule has 2 aromatic rings. The summed E-state index contributed by atoms with van der Waals surface area (Å²) in [5.74, 6) is 0. The van der Waals surface area contributed by atoms with E-state index in [9.17, 15) is 0 Å². The summed E-state index contributed by atoms with van der Waals surface area (Å²) in [7, 11) is 4.10. The molecule has 0 fully saturated rings. The van der Waals surface area contributed by atoms with Gasteiger partial charge in [0.05, 0.1) is 0 Å². The summed E-state index contributed by atoms with van der Waals surface area (Å²) in [6, 6.07) is 15.5. The van der Waals surface area contributed by atoms with Crippen molar-refractivity contribution in [2.75, 3.05) is 19.0 Å². The van der Waals surface area contributed by atoms with E-state index in [1.807, 2.05) is 12.1 Å². The van der Waals surface area contributed by atoms with Gasteiger partial charge in [-0.3, -0.25) is 0 Å². The fraction of sp³-hybridized carbons (Fsp3) is 0.167. The van der Waals surface area contributed by atoms with Gasteiger partial charge in [-0.05, 0) is 23.6 Å². The summed E-state index contributed by atoms with van der Waals surface area (Å²) in [6.45, 7) is 0. The molecule has 1 nitrogen and oxygen atoms in total. The highest BCUT2D eigenvalue weighted by atomic mass is 15.1. The van der Waals surface area contributed by atoms with Gasteiger partial charge in [-0.15, -0.1) is 0 Å². The first-order chi connectivity index (χ1) is 6.29. The molecule has 0 aliphatic carbocycles. The molecular weight excluding hydrogens is 158 g/mol. The van der Waals surface area contributed by atoms with Crippen molar-refractivity contribution in [2.45, 2.75) is 0 Å². The summed E-state index contributed by atoms with van der Waals surface area (Å²) in [5, 5.41) is 2.53. The molecule has 65 valence electrons. The number of anilines is 1. The van der Waals surface area contributed by atoms with Crippen LogP contribution in [0.5, 0.6) is 0 Å². The first-order valence-electron chi connectivity index (χ1n) is 4.35. The molecule has 0 unspecified atom stereocenters. The van der Waals surface area contributed by atoms with Gasteiger partial charge < -0.3 is 4.90 Å². The highest BCUT2D eigenvalue weighted by Gasteiger charge is 2.00. The topological polar surface area (TPSA) is 3.24 Å². The number of nitrogens with zero attached hydrogens (tertiary/aromatic N) is 1. The summed E-state index contributed by atoms with van der Waals surface area (Å²) < 4.78 is 0. The van der Waals surface area contributed by atoms with E-state index in [1.54, 1.807) is 0 Å². The molecule has 0 aromatic heterocycles. The molecule has 13 heavy (non-hydrogen) atoms. The molecule has 0 saturated heterocycles. The largest absolute Gasteiger partial charge is 0.377 e. The Labute approximate surface area is 78.6 Å². The number of hydrogen-bond donors (Lipinski definition) is 0. The van der Waals surface area contributed by atoms with E-state index in [2.05, 4.69) is 49.3 Å². The highest BCUT2D eigenvalue weighted by Crippen LogP contribution is 2.24. The van der Waals surface area contributed by atoms with Crippen LogP contribution in [-0.4, -0.2) is 14.1 Å². The summed E-state index contributed by atoms with van der Waals surface area (Å²) in [5.41, 5.74) is 1.22. The highest BCUT2D eigenvalue weighted by molar-refractivity contribution is 5.93. The Kier molecular flexibility index (Phi) is 1.93. The normalized spacial score (nSPS) is 10.3. The predicted molar refractivity (Wildman–Crippen MR) is 57.1 cm³/mol. The molecule has 0 saturated carbocycles. The average molecular weight is 170 g/mol. The van der Waals surface area contributed by atoms with Crippen LogP contribution < -0.4 is 4.90 Å². The van der Waals surface area contributed by atoms with E-state index in [0.717, 1.165) is 0 Å². The van der Waals surface area contributed by atoms with Crippen molar-refractivity contribution < 1.29 is 0 Å². The second kappa shape index (κ2) is 3.09. The third kappa shape index (κ3) is 1.37. The van der Waals surface area contributed by atoms with E-state index >= 15 is 0 Å². The average Bonchev–Trinajstić information content (AvgIpc) is 2.17. The molecule has 2 rings (SSSR count). The SMILES string of the molecule is CN(C)c1c[c]cc2ccccc12. The van der Waals surface area contributed by atoms with E-state index in [0.29, 0.717) is 0 Å². The molecule has 0 bridgehead atoms. The van der Waals surface area contributed by atoms with Gasteiger partial charge in [0.2, 0.25) is 0 Å². The van der Waals surface area contributed by atoms with Gasteiger partial charge in [0.15, 0.2) is 0 Å². The number of hydrogen-bond acceptors (Lipinski definition) is 1. The molecule has 2 aromatic carbocycles. The first-order valence-corrected chi connectivity index (χ1v) is 4.35. The van der Waals surface area contributed by atoms with Crippen LogP contribution in [0.3, 0.4) is 0 Å². The molecule has 0 aliphatic heterocycles. The van der Waals surface area contributed by atoms with Gasteiger partial charge in [-0.25, -0.2) is 0 Å². The van der Waals surface area contributed by atoms with Crippen molar-refractivity contribution in [1.29, 1.82) is 0 Å². The minimum Gasteiger partial charge on any atom is -0.377 e. The van der Waals surface area contributed by atoms with Gasteiger partial charge in [-0.1, -0.05) is 24.3 Å². The Morgan fingerprint density at radius 1 is 1.08 bits per heavy atom. The number of rotatable bonds is 1. The predicted octanol–water partition coefficient (Wildman–Crippen LogP) is 2.71. The maximum atomic E-state index is 3.14. The lowest BCUT2D eigenvalue weighted by molar-refractivity contribution is 1.14. The lowest BCUT2D eigenvalue weighted by Gasteiger charge is -2.14. The van der Waals surface area contributed by atoms with Crippen LogP contribution in [0.1, 0.15) is 0 Å². The quantitative estimate of drug-likeness (QED) is 0.636. The first kappa shape index (κ1) is 8.11. The standard InChI is InChI=1S/C12H12N/c1-13(2)12-9-5-7-10-6-3-4-8-11(10)12/h3-4,6-9H,1-2H3. The number of fused-ring (bicyclic) bond motifs is 1. The van der Waals surface area contributed by atoms with Crippen molar-refractivity contribution >= 4 is 16.5 Å². The van der Waals surface area contributed by atoms with E-state index in [1.165, 1.54) is 16.5 Å². The Morgan fingerprint density at radius 2 is 1.85 bits per heavy atom. The Bertz CT molecular complexity index is 413. The van der Waals surface area contributed by atoms with Crippen molar-refractivity contribution in [3.8, 4) is 0 Å². The van der Waals surface area contributed by atoms with Crippen LogP contribution in [0.25, 0.3) is 10.8 Å². The van der Waals surface area contributed by atoms with Crippen LogP contribution in [0, 0.1) is 6.07 Å². The number of benzene rings is 2. The minimum atomic E-state index is 1.22. The van der Waals surface area contributed by atoms with Crippen molar-refractivity contribution in [3.05, 3.63) is 42.5 Å². The molecule has 0 heterocycles. The lowest BCUT2D eigenvalue weighted by atomic mass is 10.1. The Hall–Kier alpha value is -1.50. The third-order valence-corrected chi connectivity index (χ3v) is 2.18. The minimum absolute atomic E-state index is 1.22. The van der Waals surface area contributed by atoms with Gasteiger partial charge in [0, 0.05) is 25.2 Å². The van der Waals surface area contributed by atoms with Gasteiger partial charge >= 0.3 is 0 Å². The monoisotopic (exact) mass is 170 g/mol. The van der Waals surface area contributed by atoms with Gasteiger partial charge in [-0.2, -0.15) is 0 Å². The van der Waals surface area contributed by atoms with Crippen LogP contribution in [0.15, 0.2) is 36.4 Å². The molecule has 0 atom stereocenters. The van der Waals surface area contributed by atoms with Crippen molar-refractivity contribution in [3.63, 3.8) is 0 Å². The van der Waals surface area contributed by atoms with Gasteiger partial charge in [0.1, 0.15) is 0 Å². The molecule has 0 aliphatic rings. The summed E-state index contributed by atoms with van der Waals surface area (Å²) >= 11 is 0. The summed E-state index contributed by atoms with van der Waals surface area (Å²) in [4.78, 5) is 2.11. The zero-order chi connectivity index (χ0) is 9.26. The second-order valence-corrected chi connectivity index (χ2v) is 3.32. The van der Waals surface area contributed by atoms with Gasteiger partial charge in [0.25, 0.3) is 0 Å². The second-order valence-electron chi connectivity index (χ2n) is 3.32. The Morgan fingerprint density at radius 3 is 2.62 bits per heavy atom. The smallest absolute Gasteiger partial charge is 0.0446 e. The lowest BCUT2D eigenvalue weighted by Crippen LogP contribution is -2.08. The third-order valence-electron chi connectivity index (χ3n) is 2.18. The van der Waals surface area contributed by atoms with Crippen LogP contribution in [0.2, 0.25) is 0 Å². The molecule has 1 radical (unpaired) electrons. The molecule has 0 amide bonds. The fourth-order valence-corrected chi connectivity index (χ4v) is 1.51. The summed E-state index contributed by atoms with van der Waals surface area (Å²) in [6.07, 6.45) is 0. The van der Waals surface area contributed by atoms with Crippen LogP contribution in [-0.2, 0) is 0 Å². The zero-order valence-corrected chi connectivity index (χ0v) is 7.91. The van der Waals surface area contributed by atoms with Crippen molar-refractivity contribution in [1.82, 2.24) is 0 Å². The van der Waals surface area contributed by atoms with Crippen LogP contribution >= 0.6 is 0 Å². The zero-order valence-electron chi connectivity index (χ0n) is 7.91. The van der Waals surface area contributed by atoms with E-state index < -0.39 is 0 Å². The maximum absolute atomic E-state index is 3.14.